The molecule has 0 unspecified atom stereocenters. The smallest absolute Gasteiger partial charge is 0.219 e. The second-order valence-corrected chi connectivity index (χ2v) is 9.37. The third kappa shape index (κ3) is 3.67. The Labute approximate surface area is 229 Å². The molecule has 0 aliphatic heterocycles. The summed E-state index contributed by atoms with van der Waals surface area (Å²) in [5, 5.41) is 11.5. The molecule has 0 radical (unpaired) electrons. The van der Waals surface area contributed by atoms with E-state index in [-0.39, 0.29) is 11.1 Å². The molecular weight excluding hydrogens is 471 g/mol. The molecule has 184 valence electrons. The molecule has 38 heavy (non-hydrogen) atoms. The zero-order chi connectivity index (χ0) is 31.6. The minimum atomic E-state index is -2.62. The van der Waals surface area contributed by atoms with Crippen molar-refractivity contribution in [1.29, 1.82) is 5.26 Å². The molecule has 3 nitrogen and oxygen atoms in total. The number of hydrogen-bond acceptors (Lipinski definition) is 2. The molecule has 4 heteroatoms. The van der Waals surface area contributed by atoms with E-state index in [9.17, 15) is 5.26 Å². The maximum absolute atomic E-state index is 15.1. The van der Waals surface area contributed by atoms with E-state index in [4.69, 9.17) is 12.6 Å². The van der Waals surface area contributed by atoms with Crippen molar-refractivity contribution in [2.24, 2.45) is 7.05 Å². The first-order chi connectivity index (χ1) is 20.8. The van der Waals surface area contributed by atoms with Crippen LogP contribution in [0.5, 0.6) is 0 Å². The van der Waals surface area contributed by atoms with Crippen LogP contribution in [0.3, 0.4) is 0 Å². The summed E-state index contributed by atoms with van der Waals surface area (Å²) >= 11 is 0. The van der Waals surface area contributed by atoms with Crippen LogP contribution < -0.4 is 4.57 Å². The molecule has 0 bridgehead atoms. The molecule has 0 amide bonds. The topological polar surface area (TPSA) is 40.8 Å². The number of nitrogens with zero attached hydrogens (tertiary/aromatic N) is 2. The highest BCUT2D eigenvalue weighted by Crippen LogP contribution is 2.42. The van der Waals surface area contributed by atoms with Crippen molar-refractivity contribution in [3.8, 4) is 39.6 Å². The second-order valence-electron chi connectivity index (χ2n) is 9.37. The van der Waals surface area contributed by atoms with Gasteiger partial charge in [-0.2, -0.15) is 5.26 Å². The highest BCUT2D eigenvalue weighted by molar-refractivity contribution is 6.14. The minimum Gasteiger partial charge on any atom is -0.454 e. The van der Waals surface area contributed by atoms with Crippen molar-refractivity contribution >= 4 is 21.9 Å². The molecule has 0 atom stereocenters. The quantitative estimate of drug-likeness (QED) is 0.228. The van der Waals surface area contributed by atoms with Gasteiger partial charge in [-0.25, -0.2) is 8.96 Å². The van der Waals surface area contributed by atoms with Crippen molar-refractivity contribution in [1.82, 2.24) is 0 Å². The largest absolute Gasteiger partial charge is 0.454 e. The summed E-state index contributed by atoms with van der Waals surface area (Å²) in [5.74, 6) is -0.853. The number of aryl methyl sites for hydroxylation is 4. The van der Waals surface area contributed by atoms with Gasteiger partial charge in [0.2, 0.25) is 5.69 Å². The molecular formula is C34H26FN2O+. The summed E-state index contributed by atoms with van der Waals surface area (Å²) in [4.78, 5) is 0. The van der Waals surface area contributed by atoms with E-state index >= 15 is 4.39 Å². The van der Waals surface area contributed by atoms with Gasteiger partial charge in [0.15, 0.2) is 6.20 Å². The molecule has 0 spiro atoms. The summed E-state index contributed by atoms with van der Waals surface area (Å²) in [6.07, 6.45) is 1.27. The van der Waals surface area contributed by atoms with Crippen molar-refractivity contribution in [3.63, 3.8) is 0 Å². The summed E-state index contributed by atoms with van der Waals surface area (Å²) < 4.78 is 71.2. The lowest BCUT2D eigenvalue weighted by Crippen LogP contribution is -2.31. The van der Waals surface area contributed by atoms with E-state index < -0.39 is 19.5 Å². The zero-order valence-corrected chi connectivity index (χ0v) is 20.8. The monoisotopic (exact) mass is 503 g/mol. The number of aromatic nitrogens is 1. The van der Waals surface area contributed by atoms with E-state index in [1.54, 1.807) is 41.9 Å². The van der Waals surface area contributed by atoms with Crippen LogP contribution in [0.2, 0.25) is 0 Å². The lowest BCUT2D eigenvalue weighted by atomic mass is 9.92. The molecule has 0 aliphatic rings. The predicted molar refractivity (Wildman–Crippen MR) is 150 cm³/mol. The fourth-order valence-electron chi connectivity index (χ4n) is 5.14. The molecule has 2 heterocycles. The average molecular weight is 504 g/mol. The molecule has 0 aliphatic carbocycles. The molecule has 2 aromatic heterocycles. The summed E-state index contributed by atoms with van der Waals surface area (Å²) in [6.45, 7) is -3.20. The van der Waals surface area contributed by atoms with Crippen LogP contribution in [0, 0.1) is 37.8 Å². The van der Waals surface area contributed by atoms with Gasteiger partial charge in [-0.3, -0.25) is 0 Å². The number of benzene rings is 4. The van der Waals surface area contributed by atoms with Gasteiger partial charge in [0.1, 0.15) is 24.0 Å². The molecule has 0 fully saturated rings. The Bertz CT molecular complexity index is 2140. The number of hydrogen-bond donors (Lipinski definition) is 0. The Hall–Kier alpha value is -4.75. The van der Waals surface area contributed by atoms with Gasteiger partial charge in [0.05, 0.1) is 17.2 Å². The number of furan rings is 1. The first kappa shape index (κ1) is 17.7. The molecule has 0 N–H and O–H groups in total. The Morgan fingerprint density at radius 3 is 2.29 bits per heavy atom. The number of rotatable bonds is 3. The summed E-state index contributed by atoms with van der Waals surface area (Å²) in [5.41, 5.74) is 4.93. The van der Waals surface area contributed by atoms with Crippen molar-refractivity contribution in [2.45, 2.75) is 20.6 Å². The first-order valence-electron chi connectivity index (χ1n) is 15.1. The Balaban J connectivity index is 1.64. The third-order valence-electron chi connectivity index (χ3n) is 7.01. The minimum absolute atomic E-state index is 0.145. The number of fused-ring (bicyclic) bond motifs is 3. The van der Waals surface area contributed by atoms with Gasteiger partial charge in [-0.1, -0.05) is 60.7 Å². The van der Waals surface area contributed by atoms with E-state index in [0.29, 0.717) is 55.4 Å². The second kappa shape index (κ2) is 8.97. The van der Waals surface area contributed by atoms with Gasteiger partial charge >= 0.3 is 0 Å². The van der Waals surface area contributed by atoms with Crippen molar-refractivity contribution < 1.29 is 21.6 Å². The normalized spacial score (nSPS) is 14.3. The number of pyridine rings is 1. The van der Waals surface area contributed by atoms with Gasteiger partial charge < -0.3 is 4.42 Å². The van der Waals surface area contributed by atoms with E-state index in [2.05, 4.69) is 6.07 Å². The number of nitriles is 1. The molecule has 4 aromatic carbocycles. The maximum Gasteiger partial charge on any atom is 0.219 e. The van der Waals surface area contributed by atoms with Gasteiger partial charge in [0, 0.05) is 36.2 Å². The summed E-state index contributed by atoms with van der Waals surface area (Å²) in [6, 6.07) is 25.0. The van der Waals surface area contributed by atoms with Crippen LogP contribution in [0.4, 0.5) is 4.39 Å². The van der Waals surface area contributed by atoms with Gasteiger partial charge in [-0.15, -0.1) is 0 Å². The fraction of sp³-hybridized carbons (Fsp3) is 0.118. The zero-order valence-electron chi connectivity index (χ0n) is 26.8. The Morgan fingerprint density at radius 1 is 0.816 bits per heavy atom. The van der Waals surface area contributed by atoms with Gasteiger partial charge in [0.25, 0.3) is 0 Å². The van der Waals surface area contributed by atoms with Crippen LogP contribution in [0.15, 0.2) is 89.5 Å². The highest BCUT2D eigenvalue weighted by atomic mass is 19.1. The number of halogens is 1. The Morgan fingerprint density at radius 2 is 1.55 bits per heavy atom. The lowest BCUT2D eigenvalue weighted by molar-refractivity contribution is -0.661. The van der Waals surface area contributed by atoms with Gasteiger partial charge in [-0.05, 0) is 60.6 Å². The van der Waals surface area contributed by atoms with Crippen molar-refractivity contribution in [2.75, 3.05) is 0 Å². The lowest BCUT2D eigenvalue weighted by Gasteiger charge is -2.11. The van der Waals surface area contributed by atoms with Crippen LogP contribution in [-0.2, 0) is 7.05 Å². The standard InChI is InChI=1S/C34H26FN2O/c1-20-10-13-27-28-15-12-25(18-36)32(24-11-14-26(21(2)16-24)23-8-6-5-7-9-23)34(28)38-33(27)31(20)30-17-29(35)22(3)19-37(30)4/h5-17,19H,1-4H3/q+1/i2D3,3D3. The third-order valence-corrected chi connectivity index (χ3v) is 7.01. The first-order valence-corrected chi connectivity index (χ1v) is 12.1. The summed E-state index contributed by atoms with van der Waals surface area (Å²) in [7, 11) is 1.65. The fourth-order valence-corrected chi connectivity index (χ4v) is 5.14. The molecule has 0 saturated carbocycles. The maximum atomic E-state index is 15.1. The molecule has 6 aromatic rings. The highest BCUT2D eigenvalue weighted by Gasteiger charge is 2.24. The average Bonchev–Trinajstić information content (AvgIpc) is 3.35. The van der Waals surface area contributed by atoms with Crippen molar-refractivity contribution in [3.05, 3.63) is 113 Å². The van der Waals surface area contributed by atoms with Crippen LogP contribution >= 0.6 is 0 Å². The molecule has 6 rings (SSSR count). The molecule has 0 saturated heterocycles. The Kier molecular flexibility index (Phi) is 4.17. The van der Waals surface area contributed by atoms with Crippen LogP contribution in [0.1, 0.15) is 30.5 Å². The van der Waals surface area contributed by atoms with E-state index in [1.165, 1.54) is 12.3 Å². The predicted octanol–water partition coefficient (Wildman–Crippen LogP) is 8.35. The van der Waals surface area contributed by atoms with Crippen LogP contribution in [0.25, 0.3) is 55.4 Å². The van der Waals surface area contributed by atoms with Crippen LogP contribution in [-0.4, -0.2) is 0 Å². The van der Waals surface area contributed by atoms with E-state index in [1.807, 2.05) is 49.4 Å². The van der Waals surface area contributed by atoms with E-state index in [0.717, 1.165) is 11.1 Å². The SMILES string of the molecule is [2H]C([2H])([2H])c1c[n+](C)c(-c2c(C)ccc3c2oc2c(-c4ccc(-c5ccccc5)c(C([2H])([2H])[2H])c4)c(C#N)ccc23)cc1F.